The SMILES string of the molecule is CNc1ccccc1NC(=O)c1ccc(Nc2ncc(-c3cnc4c(Cn5ccnc5)cccn34)s2)cc1. The number of hydrogen-bond acceptors (Lipinski definition) is 7. The number of thiazole rings is 1. The fraction of sp³-hybridized carbons (Fsp3) is 0.0714. The average Bonchev–Trinajstić information content (AvgIpc) is 3.71. The monoisotopic (exact) mass is 520 g/mol. The number of rotatable bonds is 8. The molecule has 0 aliphatic heterocycles. The van der Waals surface area contributed by atoms with Crippen molar-refractivity contribution >= 4 is 45.1 Å². The van der Waals surface area contributed by atoms with Gasteiger partial charge in [-0.25, -0.2) is 15.0 Å². The fourth-order valence-electron chi connectivity index (χ4n) is 4.24. The zero-order valence-corrected chi connectivity index (χ0v) is 21.3. The molecule has 38 heavy (non-hydrogen) atoms. The highest BCUT2D eigenvalue weighted by molar-refractivity contribution is 7.18. The number of pyridine rings is 1. The molecule has 2 aromatic carbocycles. The first-order valence-electron chi connectivity index (χ1n) is 12.0. The summed E-state index contributed by atoms with van der Waals surface area (Å²) in [6.45, 7) is 0.701. The number of nitrogens with zero attached hydrogens (tertiary/aromatic N) is 5. The number of para-hydroxylation sites is 2. The van der Waals surface area contributed by atoms with Crippen LogP contribution in [0.4, 0.5) is 22.2 Å². The molecule has 188 valence electrons. The van der Waals surface area contributed by atoms with E-state index in [9.17, 15) is 4.79 Å². The third kappa shape index (κ3) is 4.72. The van der Waals surface area contributed by atoms with E-state index in [2.05, 4.69) is 41.4 Å². The number of amides is 1. The maximum absolute atomic E-state index is 12.7. The molecule has 9 nitrogen and oxygen atoms in total. The largest absolute Gasteiger partial charge is 0.386 e. The van der Waals surface area contributed by atoms with Crippen molar-refractivity contribution in [2.75, 3.05) is 23.0 Å². The summed E-state index contributed by atoms with van der Waals surface area (Å²) in [6, 6.07) is 19.0. The summed E-state index contributed by atoms with van der Waals surface area (Å²) in [5.74, 6) is -0.171. The fourth-order valence-corrected chi connectivity index (χ4v) is 5.08. The minimum atomic E-state index is -0.171. The summed E-state index contributed by atoms with van der Waals surface area (Å²) < 4.78 is 4.11. The molecule has 3 N–H and O–H groups in total. The number of benzene rings is 2. The molecule has 10 heteroatoms. The molecule has 0 saturated heterocycles. The molecular weight excluding hydrogens is 496 g/mol. The molecule has 0 unspecified atom stereocenters. The second-order valence-electron chi connectivity index (χ2n) is 8.59. The van der Waals surface area contributed by atoms with Gasteiger partial charge in [-0.15, -0.1) is 0 Å². The Morgan fingerprint density at radius 3 is 2.58 bits per heavy atom. The van der Waals surface area contributed by atoms with Crippen molar-refractivity contribution in [2.24, 2.45) is 0 Å². The third-order valence-electron chi connectivity index (χ3n) is 6.13. The smallest absolute Gasteiger partial charge is 0.255 e. The topological polar surface area (TPSA) is 101 Å². The van der Waals surface area contributed by atoms with Crippen LogP contribution in [0.3, 0.4) is 0 Å². The number of nitrogens with one attached hydrogen (secondary N) is 3. The molecular formula is C28H24N8OS. The van der Waals surface area contributed by atoms with Crippen LogP contribution in [0.15, 0.2) is 98.0 Å². The highest BCUT2D eigenvalue weighted by Crippen LogP contribution is 2.32. The van der Waals surface area contributed by atoms with Crippen LogP contribution in [0.5, 0.6) is 0 Å². The molecule has 0 aliphatic rings. The normalized spacial score (nSPS) is 11.0. The van der Waals surface area contributed by atoms with Gasteiger partial charge in [0.05, 0.1) is 41.0 Å². The zero-order chi connectivity index (χ0) is 25.9. The van der Waals surface area contributed by atoms with Crippen LogP contribution in [-0.4, -0.2) is 36.9 Å². The Kier molecular flexibility index (Phi) is 6.29. The van der Waals surface area contributed by atoms with Crippen molar-refractivity contribution in [3.05, 3.63) is 109 Å². The van der Waals surface area contributed by atoms with Gasteiger partial charge < -0.3 is 20.5 Å². The first kappa shape index (κ1) is 23.4. The van der Waals surface area contributed by atoms with Gasteiger partial charge in [0, 0.05) is 48.6 Å². The molecule has 0 saturated carbocycles. The molecule has 0 aliphatic carbocycles. The van der Waals surface area contributed by atoms with Crippen molar-refractivity contribution in [3.63, 3.8) is 0 Å². The van der Waals surface area contributed by atoms with E-state index >= 15 is 0 Å². The van der Waals surface area contributed by atoms with Crippen LogP contribution in [-0.2, 0) is 6.54 Å². The van der Waals surface area contributed by atoms with Gasteiger partial charge in [-0.3, -0.25) is 9.20 Å². The van der Waals surface area contributed by atoms with E-state index in [4.69, 9.17) is 0 Å². The van der Waals surface area contributed by atoms with E-state index in [1.165, 1.54) is 0 Å². The van der Waals surface area contributed by atoms with Crippen LogP contribution in [0.25, 0.3) is 16.2 Å². The highest BCUT2D eigenvalue weighted by Gasteiger charge is 2.13. The molecule has 0 bridgehead atoms. The average molecular weight is 521 g/mol. The van der Waals surface area contributed by atoms with Gasteiger partial charge in [-0.1, -0.05) is 29.5 Å². The molecule has 4 heterocycles. The van der Waals surface area contributed by atoms with Crippen LogP contribution < -0.4 is 16.0 Å². The lowest BCUT2D eigenvalue weighted by molar-refractivity contribution is 0.102. The number of carbonyl (C=O) groups is 1. The van der Waals surface area contributed by atoms with Gasteiger partial charge in [0.25, 0.3) is 5.91 Å². The molecule has 0 spiro atoms. The minimum Gasteiger partial charge on any atom is -0.386 e. The van der Waals surface area contributed by atoms with Crippen molar-refractivity contribution in [1.82, 2.24) is 23.9 Å². The number of aromatic nitrogens is 5. The van der Waals surface area contributed by atoms with Gasteiger partial charge in [-0.05, 0) is 42.5 Å². The van der Waals surface area contributed by atoms with Gasteiger partial charge in [0.15, 0.2) is 5.13 Å². The van der Waals surface area contributed by atoms with Crippen LogP contribution in [0.1, 0.15) is 15.9 Å². The van der Waals surface area contributed by atoms with Gasteiger partial charge >= 0.3 is 0 Å². The summed E-state index contributed by atoms with van der Waals surface area (Å²) in [5, 5.41) is 10.1. The molecule has 6 aromatic rings. The van der Waals surface area contributed by atoms with E-state index in [1.807, 2.05) is 78.9 Å². The Balaban J connectivity index is 1.16. The maximum atomic E-state index is 12.7. The van der Waals surface area contributed by atoms with E-state index in [1.54, 1.807) is 36.0 Å². The Labute approximate surface area is 222 Å². The third-order valence-corrected chi connectivity index (χ3v) is 7.07. The summed E-state index contributed by atoms with van der Waals surface area (Å²) >= 11 is 1.54. The first-order valence-corrected chi connectivity index (χ1v) is 12.8. The first-order chi connectivity index (χ1) is 18.7. The lowest BCUT2D eigenvalue weighted by Crippen LogP contribution is -2.13. The van der Waals surface area contributed by atoms with Crippen molar-refractivity contribution in [1.29, 1.82) is 0 Å². The summed E-state index contributed by atoms with van der Waals surface area (Å²) in [7, 11) is 1.82. The van der Waals surface area contributed by atoms with Gasteiger partial charge in [0.2, 0.25) is 0 Å². The second kappa shape index (κ2) is 10.2. The number of imidazole rings is 2. The van der Waals surface area contributed by atoms with Crippen molar-refractivity contribution in [3.8, 4) is 10.6 Å². The van der Waals surface area contributed by atoms with E-state index in [-0.39, 0.29) is 5.91 Å². The molecule has 6 rings (SSSR count). The number of hydrogen-bond donors (Lipinski definition) is 3. The van der Waals surface area contributed by atoms with Crippen molar-refractivity contribution in [2.45, 2.75) is 6.54 Å². The van der Waals surface area contributed by atoms with Crippen molar-refractivity contribution < 1.29 is 4.79 Å². The maximum Gasteiger partial charge on any atom is 0.255 e. The second-order valence-corrected chi connectivity index (χ2v) is 9.62. The molecule has 4 aromatic heterocycles. The lowest BCUT2D eigenvalue weighted by atomic mass is 10.2. The van der Waals surface area contributed by atoms with Gasteiger partial charge in [-0.2, -0.15) is 0 Å². The Hall–Kier alpha value is -4.96. The van der Waals surface area contributed by atoms with Crippen LogP contribution >= 0.6 is 11.3 Å². The predicted octanol–water partition coefficient (Wildman–Crippen LogP) is 5.74. The summed E-state index contributed by atoms with van der Waals surface area (Å²) in [6.07, 6.45) is 11.3. The predicted molar refractivity (Wildman–Crippen MR) is 151 cm³/mol. The number of carbonyl (C=O) groups excluding carboxylic acids is 1. The summed E-state index contributed by atoms with van der Waals surface area (Å²) in [4.78, 5) is 27.1. The quantitative estimate of drug-likeness (QED) is 0.237. The zero-order valence-electron chi connectivity index (χ0n) is 20.5. The number of anilines is 4. The minimum absolute atomic E-state index is 0.171. The van der Waals surface area contributed by atoms with E-state index < -0.39 is 0 Å². The van der Waals surface area contributed by atoms with Crippen LogP contribution in [0, 0.1) is 0 Å². The Morgan fingerprint density at radius 2 is 1.79 bits per heavy atom. The number of fused-ring (bicyclic) bond motifs is 1. The van der Waals surface area contributed by atoms with Gasteiger partial charge in [0.1, 0.15) is 5.65 Å². The molecule has 1 amide bonds. The molecule has 0 atom stereocenters. The highest BCUT2D eigenvalue weighted by atomic mass is 32.1. The Bertz CT molecular complexity index is 1700. The molecule has 0 radical (unpaired) electrons. The lowest BCUT2D eigenvalue weighted by Gasteiger charge is -2.11. The van der Waals surface area contributed by atoms with E-state index in [0.717, 1.165) is 44.0 Å². The van der Waals surface area contributed by atoms with Crippen LogP contribution in [0.2, 0.25) is 0 Å². The summed E-state index contributed by atoms with van der Waals surface area (Å²) in [5.41, 5.74) is 6.01. The Morgan fingerprint density at radius 1 is 0.947 bits per heavy atom. The standard InChI is InChI=1S/C28H24N8OS/c1-29-22-6-2-3-7-23(22)34-27(37)19-8-10-21(11-9-19)33-28-32-16-25(38-28)24-15-31-26-20(5-4-13-36(24)26)17-35-14-12-30-18-35/h2-16,18,29H,17H2,1H3,(H,32,33)(H,34,37). The van der Waals surface area contributed by atoms with E-state index in [0.29, 0.717) is 12.1 Å². The molecule has 0 fully saturated rings.